The van der Waals surface area contributed by atoms with Crippen LogP contribution in [0.25, 0.3) is 16.8 Å². The van der Waals surface area contributed by atoms with Crippen molar-refractivity contribution in [3.63, 3.8) is 0 Å². The number of benzene rings is 1. The van der Waals surface area contributed by atoms with Crippen LogP contribution in [-0.2, 0) is 19.8 Å². The minimum Gasteiger partial charge on any atom is -0.382 e. The zero-order valence-electron chi connectivity index (χ0n) is 23.3. The van der Waals surface area contributed by atoms with Gasteiger partial charge in [0.15, 0.2) is 0 Å². The number of fused-ring (bicyclic) bond motifs is 1. The van der Waals surface area contributed by atoms with E-state index in [0.29, 0.717) is 42.2 Å². The zero-order chi connectivity index (χ0) is 31.2. The molecule has 4 aromatic heterocycles. The molecular weight excluding hydrogens is 599 g/mol. The Hall–Kier alpha value is -4.51. The van der Waals surface area contributed by atoms with Crippen molar-refractivity contribution in [1.29, 1.82) is 0 Å². The first-order chi connectivity index (χ1) is 20.9. The van der Waals surface area contributed by atoms with Gasteiger partial charge >= 0.3 is 6.18 Å². The first-order valence-electron chi connectivity index (χ1n) is 13.4. The van der Waals surface area contributed by atoms with E-state index >= 15 is 0 Å². The monoisotopic (exact) mass is 627 g/mol. The van der Waals surface area contributed by atoms with Crippen LogP contribution in [0.5, 0.6) is 0 Å². The van der Waals surface area contributed by atoms with Gasteiger partial charge in [0, 0.05) is 68.2 Å². The lowest BCUT2D eigenvalue weighted by molar-refractivity contribution is -0.137. The lowest BCUT2D eigenvalue weighted by Crippen LogP contribution is -2.40. The molecule has 1 aliphatic heterocycles. The maximum Gasteiger partial charge on any atom is 0.416 e. The number of aryl methyl sites for hydroxylation is 1. The number of halogens is 3. The molecule has 1 aromatic carbocycles. The summed E-state index contributed by atoms with van der Waals surface area (Å²) in [7, 11) is -1.23. The standard InChI is InChI=1S/C28H28F3N9O3S/c1-38-14-17(13-35-38)15-39-10-11-44(42,43)21(16-39)26-37-23(24-25(32)34-8-9-40(24)26)18-2-4-19(5-3-18)27(41)36-22-12-20(6-7-33-22)28(29,30)31/h2-9,12-14,21,42-43H,10-11,15-16H2,1H3,(H2,32,34)(H,33,36,41). The molecule has 44 heavy (non-hydrogen) atoms. The highest BCUT2D eigenvalue weighted by Crippen LogP contribution is 2.56. The summed E-state index contributed by atoms with van der Waals surface area (Å²) >= 11 is 0. The van der Waals surface area contributed by atoms with Gasteiger partial charge in [-0.3, -0.25) is 27.9 Å². The van der Waals surface area contributed by atoms with Crippen LogP contribution in [0, 0.1) is 0 Å². The number of nitrogens with zero attached hydrogens (tertiary/aromatic N) is 7. The molecule has 1 fully saturated rings. The third-order valence-electron chi connectivity index (χ3n) is 7.40. The molecule has 12 nitrogen and oxygen atoms in total. The Morgan fingerprint density at radius 1 is 1.16 bits per heavy atom. The van der Waals surface area contributed by atoms with E-state index in [4.69, 9.17) is 10.7 Å². The van der Waals surface area contributed by atoms with Gasteiger partial charge < -0.3 is 11.1 Å². The molecule has 0 saturated carbocycles. The van der Waals surface area contributed by atoms with Crippen molar-refractivity contribution in [3.8, 4) is 11.3 Å². The third-order valence-corrected chi connectivity index (χ3v) is 9.45. The Morgan fingerprint density at radius 2 is 1.93 bits per heavy atom. The number of anilines is 2. The van der Waals surface area contributed by atoms with Crippen LogP contribution in [-0.4, -0.2) is 67.9 Å². The summed E-state index contributed by atoms with van der Waals surface area (Å²) in [4.78, 5) is 27.8. The topological polar surface area (TPSA) is 160 Å². The predicted molar refractivity (Wildman–Crippen MR) is 159 cm³/mol. The van der Waals surface area contributed by atoms with Gasteiger partial charge in [0.25, 0.3) is 5.91 Å². The normalized spacial score (nSPS) is 17.9. The number of nitrogen functional groups attached to an aromatic ring is 1. The molecule has 0 bridgehead atoms. The maximum absolute atomic E-state index is 13.1. The largest absolute Gasteiger partial charge is 0.416 e. The van der Waals surface area contributed by atoms with Crippen molar-refractivity contribution >= 4 is 33.6 Å². The van der Waals surface area contributed by atoms with E-state index in [1.165, 1.54) is 18.3 Å². The number of pyridine rings is 1. The summed E-state index contributed by atoms with van der Waals surface area (Å²) in [6.07, 6.45) is 3.26. The number of imidazole rings is 1. The van der Waals surface area contributed by atoms with Crippen molar-refractivity contribution in [1.82, 2.24) is 34.0 Å². The molecule has 1 unspecified atom stereocenters. The summed E-state index contributed by atoms with van der Waals surface area (Å²) in [6.45, 7) is 1.41. The van der Waals surface area contributed by atoms with Gasteiger partial charge in [0.05, 0.1) is 17.5 Å². The number of hydrogen-bond acceptors (Lipinski definition) is 9. The summed E-state index contributed by atoms with van der Waals surface area (Å²) in [5.74, 6) is -0.116. The second kappa shape index (κ2) is 11.2. The smallest absolute Gasteiger partial charge is 0.382 e. The average molecular weight is 628 g/mol. The van der Waals surface area contributed by atoms with Gasteiger partial charge in [-0.2, -0.15) is 28.9 Å². The molecule has 1 saturated heterocycles. The fourth-order valence-electron chi connectivity index (χ4n) is 5.22. The van der Waals surface area contributed by atoms with Crippen LogP contribution in [0.4, 0.5) is 24.8 Å². The summed E-state index contributed by atoms with van der Waals surface area (Å²) in [6, 6.07) is 7.83. The van der Waals surface area contributed by atoms with E-state index in [1.807, 2.05) is 13.2 Å². The van der Waals surface area contributed by atoms with E-state index < -0.39 is 33.5 Å². The highest BCUT2D eigenvalue weighted by molar-refractivity contribution is 8.24. The molecule has 1 atom stereocenters. The maximum atomic E-state index is 13.1. The molecule has 5 aromatic rings. The molecule has 0 aliphatic carbocycles. The second-order valence-corrected chi connectivity index (χ2v) is 12.9. The van der Waals surface area contributed by atoms with Gasteiger partial charge in [-0.05, 0) is 24.3 Å². The van der Waals surface area contributed by atoms with Crippen LogP contribution >= 0.6 is 10.6 Å². The van der Waals surface area contributed by atoms with Crippen LogP contribution in [0.2, 0.25) is 0 Å². The molecule has 16 heteroatoms. The zero-order valence-corrected chi connectivity index (χ0v) is 24.1. The Bertz CT molecular complexity index is 1840. The highest BCUT2D eigenvalue weighted by Gasteiger charge is 2.38. The summed E-state index contributed by atoms with van der Waals surface area (Å²) < 4.78 is 64.9. The second-order valence-electron chi connectivity index (χ2n) is 10.5. The van der Waals surface area contributed by atoms with E-state index in [1.54, 1.807) is 33.6 Å². The molecule has 1 amide bonds. The van der Waals surface area contributed by atoms with Crippen LogP contribution < -0.4 is 11.1 Å². The fourth-order valence-corrected chi connectivity index (χ4v) is 6.98. The molecule has 6 rings (SSSR count). The molecular formula is C28H28F3N9O3S. The minimum atomic E-state index is -4.57. The summed E-state index contributed by atoms with van der Waals surface area (Å²) in [5.41, 5.74) is 7.99. The van der Waals surface area contributed by atoms with Crippen molar-refractivity contribution in [3.05, 3.63) is 89.9 Å². The van der Waals surface area contributed by atoms with E-state index in [0.717, 1.165) is 23.9 Å². The number of rotatable bonds is 6. The van der Waals surface area contributed by atoms with Gasteiger partial charge in [0.2, 0.25) is 0 Å². The number of alkyl halides is 3. The number of nitrogens with two attached hydrogens (primary N) is 1. The van der Waals surface area contributed by atoms with Crippen molar-refractivity contribution < 1.29 is 27.1 Å². The fraction of sp³-hybridized carbons (Fsp3) is 0.250. The first-order valence-corrected chi connectivity index (χ1v) is 15.2. The highest BCUT2D eigenvalue weighted by atomic mass is 32.3. The van der Waals surface area contributed by atoms with Crippen molar-refractivity contribution in [2.45, 2.75) is 18.0 Å². The lowest BCUT2D eigenvalue weighted by atomic mass is 10.1. The third kappa shape index (κ3) is 5.84. The molecule has 1 aliphatic rings. The molecule has 230 valence electrons. The van der Waals surface area contributed by atoms with E-state index in [2.05, 4.69) is 25.3 Å². The number of nitrogens with one attached hydrogen (secondary N) is 1. The quantitative estimate of drug-likeness (QED) is 0.210. The Labute approximate surface area is 250 Å². The minimum absolute atomic E-state index is 0.174. The van der Waals surface area contributed by atoms with Crippen molar-refractivity contribution in [2.75, 3.05) is 29.9 Å². The van der Waals surface area contributed by atoms with Gasteiger partial charge in [-0.25, -0.2) is 15.0 Å². The average Bonchev–Trinajstić information content (AvgIpc) is 3.57. The van der Waals surface area contributed by atoms with Crippen LogP contribution in [0.15, 0.2) is 67.4 Å². The molecule has 5 N–H and O–H groups in total. The molecule has 5 heterocycles. The SMILES string of the molecule is Cn1cc(CN2CCS(O)(O)C(c3nc(-c4ccc(C(=O)Nc5cc(C(F)(F)F)ccn5)cc4)c4c(N)nccn34)C2)cn1. The number of hydrogen-bond donors (Lipinski definition) is 4. The summed E-state index contributed by atoms with van der Waals surface area (Å²) in [5, 5.41) is 5.88. The van der Waals surface area contributed by atoms with Crippen LogP contribution in [0.1, 0.15) is 32.6 Å². The number of carbonyl (C=O) groups is 1. The lowest BCUT2D eigenvalue weighted by Gasteiger charge is -2.46. The molecule has 0 radical (unpaired) electrons. The first kappa shape index (κ1) is 29.6. The van der Waals surface area contributed by atoms with Gasteiger partial charge in [0.1, 0.15) is 33.9 Å². The van der Waals surface area contributed by atoms with Gasteiger partial charge in [-0.1, -0.05) is 12.1 Å². The number of amides is 1. The van der Waals surface area contributed by atoms with E-state index in [-0.39, 0.29) is 23.0 Å². The van der Waals surface area contributed by atoms with Gasteiger partial charge in [-0.15, -0.1) is 0 Å². The Balaban J connectivity index is 1.29. The predicted octanol–water partition coefficient (Wildman–Crippen LogP) is 4.69. The Kier molecular flexibility index (Phi) is 7.53. The van der Waals surface area contributed by atoms with Crippen molar-refractivity contribution in [2.24, 2.45) is 7.05 Å². The van der Waals surface area contributed by atoms with Crippen LogP contribution in [0.3, 0.4) is 0 Å². The van der Waals surface area contributed by atoms with E-state index in [9.17, 15) is 27.1 Å². The number of aromatic nitrogens is 6. The molecule has 0 spiro atoms. The number of carbonyl (C=O) groups excluding carboxylic acids is 1. The Morgan fingerprint density at radius 3 is 2.64 bits per heavy atom.